The maximum absolute atomic E-state index is 12.2. The molecule has 0 bridgehead atoms. The number of carbonyl (C=O) groups excluding carboxylic acids is 2. The summed E-state index contributed by atoms with van der Waals surface area (Å²) >= 11 is 1.56. The van der Waals surface area contributed by atoms with E-state index >= 15 is 0 Å². The SMILES string of the molecule is Cl.O=C(Cc1cccs1)Nc1ccccc1NC(=O)C1CCNC1. The molecular weight excluding hydrogens is 346 g/mol. The van der Waals surface area contributed by atoms with E-state index in [4.69, 9.17) is 0 Å². The van der Waals surface area contributed by atoms with Crippen LogP contribution in [0.3, 0.4) is 0 Å². The van der Waals surface area contributed by atoms with Gasteiger partial charge in [-0.15, -0.1) is 23.7 Å². The third-order valence-electron chi connectivity index (χ3n) is 3.81. The Hall–Kier alpha value is -1.89. The fraction of sp³-hybridized carbons (Fsp3) is 0.294. The van der Waals surface area contributed by atoms with Crippen LogP contribution in [-0.2, 0) is 16.0 Å². The highest BCUT2D eigenvalue weighted by molar-refractivity contribution is 7.10. The van der Waals surface area contributed by atoms with Gasteiger partial charge in [0, 0.05) is 11.4 Å². The van der Waals surface area contributed by atoms with Crippen LogP contribution < -0.4 is 16.0 Å². The summed E-state index contributed by atoms with van der Waals surface area (Å²) in [4.78, 5) is 25.4. The van der Waals surface area contributed by atoms with Crippen LogP contribution in [-0.4, -0.2) is 24.9 Å². The number of anilines is 2. The van der Waals surface area contributed by atoms with Gasteiger partial charge in [-0.2, -0.15) is 0 Å². The van der Waals surface area contributed by atoms with E-state index in [-0.39, 0.29) is 30.1 Å². The molecule has 24 heavy (non-hydrogen) atoms. The van der Waals surface area contributed by atoms with Gasteiger partial charge in [-0.05, 0) is 36.5 Å². The second-order valence-electron chi connectivity index (χ2n) is 5.53. The first-order valence-electron chi connectivity index (χ1n) is 7.65. The maximum Gasteiger partial charge on any atom is 0.229 e. The number of hydrogen-bond acceptors (Lipinski definition) is 4. The Bertz CT molecular complexity index is 685. The molecule has 1 fully saturated rings. The zero-order valence-electron chi connectivity index (χ0n) is 13.1. The summed E-state index contributed by atoms with van der Waals surface area (Å²) in [6.07, 6.45) is 1.19. The van der Waals surface area contributed by atoms with Crippen molar-refractivity contribution in [2.24, 2.45) is 5.92 Å². The fourth-order valence-corrected chi connectivity index (χ4v) is 3.28. The topological polar surface area (TPSA) is 70.2 Å². The van der Waals surface area contributed by atoms with Crippen LogP contribution in [0.25, 0.3) is 0 Å². The summed E-state index contributed by atoms with van der Waals surface area (Å²) in [6, 6.07) is 11.2. The molecule has 2 amide bonds. The van der Waals surface area contributed by atoms with Gasteiger partial charge in [-0.25, -0.2) is 0 Å². The van der Waals surface area contributed by atoms with Crippen molar-refractivity contribution in [2.75, 3.05) is 23.7 Å². The predicted molar refractivity (Wildman–Crippen MR) is 99.9 cm³/mol. The van der Waals surface area contributed by atoms with Crippen molar-refractivity contribution in [1.29, 1.82) is 0 Å². The minimum absolute atomic E-state index is 0. The van der Waals surface area contributed by atoms with E-state index < -0.39 is 0 Å². The zero-order valence-corrected chi connectivity index (χ0v) is 14.7. The van der Waals surface area contributed by atoms with E-state index in [0.29, 0.717) is 24.3 Å². The van der Waals surface area contributed by atoms with E-state index in [1.54, 1.807) is 23.5 Å². The van der Waals surface area contributed by atoms with Crippen molar-refractivity contribution in [3.05, 3.63) is 46.7 Å². The maximum atomic E-state index is 12.2. The monoisotopic (exact) mass is 365 g/mol. The van der Waals surface area contributed by atoms with Gasteiger partial charge in [0.25, 0.3) is 0 Å². The van der Waals surface area contributed by atoms with E-state index in [1.165, 1.54) is 0 Å². The molecular formula is C17H20ClN3O2S. The van der Waals surface area contributed by atoms with Gasteiger partial charge in [0.15, 0.2) is 0 Å². The minimum Gasteiger partial charge on any atom is -0.324 e. The summed E-state index contributed by atoms with van der Waals surface area (Å²) < 4.78 is 0. The van der Waals surface area contributed by atoms with E-state index in [1.807, 2.05) is 29.6 Å². The molecule has 2 heterocycles. The second-order valence-corrected chi connectivity index (χ2v) is 6.56. The van der Waals surface area contributed by atoms with Gasteiger partial charge in [0.2, 0.25) is 11.8 Å². The number of carbonyl (C=O) groups is 2. The molecule has 1 aliphatic rings. The van der Waals surface area contributed by atoms with Crippen LogP contribution in [0.4, 0.5) is 11.4 Å². The predicted octanol–water partition coefficient (Wildman–Crippen LogP) is 2.90. The third-order valence-corrected chi connectivity index (χ3v) is 4.68. The molecule has 0 saturated carbocycles. The number of benzene rings is 1. The average molecular weight is 366 g/mol. The number of thiophene rings is 1. The lowest BCUT2D eigenvalue weighted by molar-refractivity contribution is -0.119. The van der Waals surface area contributed by atoms with Crippen molar-refractivity contribution in [3.63, 3.8) is 0 Å². The van der Waals surface area contributed by atoms with Crippen molar-refractivity contribution in [3.8, 4) is 0 Å². The molecule has 128 valence electrons. The molecule has 1 aromatic carbocycles. The summed E-state index contributed by atoms with van der Waals surface area (Å²) in [5, 5.41) is 10.9. The number of nitrogens with one attached hydrogen (secondary N) is 3. The van der Waals surface area contributed by atoms with Crippen molar-refractivity contribution < 1.29 is 9.59 Å². The van der Waals surface area contributed by atoms with Crippen LogP contribution in [0.1, 0.15) is 11.3 Å². The molecule has 0 aliphatic carbocycles. The highest BCUT2D eigenvalue weighted by Crippen LogP contribution is 2.23. The molecule has 1 aromatic heterocycles. The lowest BCUT2D eigenvalue weighted by Crippen LogP contribution is -2.25. The normalized spacial score (nSPS) is 16.2. The first-order chi connectivity index (χ1) is 11.2. The van der Waals surface area contributed by atoms with Crippen LogP contribution in [0.5, 0.6) is 0 Å². The highest BCUT2D eigenvalue weighted by atomic mass is 35.5. The van der Waals surface area contributed by atoms with Crippen molar-refractivity contribution >= 4 is 46.9 Å². The van der Waals surface area contributed by atoms with E-state index in [0.717, 1.165) is 17.8 Å². The van der Waals surface area contributed by atoms with Gasteiger partial charge in [-0.1, -0.05) is 18.2 Å². The summed E-state index contributed by atoms with van der Waals surface area (Å²) in [7, 11) is 0. The molecule has 0 radical (unpaired) electrons. The van der Waals surface area contributed by atoms with Gasteiger partial charge < -0.3 is 16.0 Å². The first-order valence-corrected chi connectivity index (χ1v) is 8.53. The second kappa shape index (κ2) is 8.82. The van der Waals surface area contributed by atoms with Crippen molar-refractivity contribution in [2.45, 2.75) is 12.8 Å². The number of rotatable bonds is 5. The Morgan fingerprint density at radius 3 is 2.50 bits per heavy atom. The van der Waals surface area contributed by atoms with Crippen molar-refractivity contribution in [1.82, 2.24) is 5.32 Å². The van der Waals surface area contributed by atoms with Crippen LogP contribution in [0.2, 0.25) is 0 Å². The molecule has 1 atom stereocenters. The first kappa shape index (κ1) is 18.4. The van der Waals surface area contributed by atoms with Gasteiger partial charge in [-0.3, -0.25) is 9.59 Å². The Morgan fingerprint density at radius 1 is 1.12 bits per heavy atom. The smallest absolute Gasteiger partial charge is 0.229 e. The Kier molecular flexibility index (Phi) is 6.78. The number of halogens is 1. The number of hydrogen-bond donors (Lipinski definition) is 3. The molecule has 5 nitrogen and oxygen atoms in total. The fourth-order valence-electron chi connectivity index (χ4n) is 2.58. The van der Waals surface area contributed by atoms with Gasteiger partial charge >= 0.3 is 0 Å². The molecule has 1 unspecified atom stereocenters. The van der Waals surface area contributed by atoms with E-state index in [2.05, 4.69) is 16.0 Å². The molecule has 0 spiro atoms. The van der Waals surface area contributed by atoms with E-state index in [9.17, 15) is 9.59 Å². The quantitative estimate of drug-likeness (QED) is 0.763. The Morgan fingerprint density at radius 2 is 1.88 bits per heavy atom. The molecule has 1 saturated heterocycles. The molecule has 7 heteroatoms. The average Bonchev–Trinajstić information content (AvgIpc) is 3.22. The summed E-state index contributed by atoms with van der Waals surface area (Å²) in [6.45, 7) is 1.58. The van der Waals surface area contributed by atoms with Gasteiger partial charge in [0.05, 0.1) is 23.7 Å². The zero-order chi connectivity index (χ0) is 16.1. The van der Waals surface area contributed by atoms with Crippen LogP contribution in [0, 0.1) is 5.92 Å². The van der Waals surface area contributed by atoms with Crippen LogP contribution >= 0.6 is 23.7 Å². The largest absolute Gasteiger partial charge is 0.324 e. The number of amides is 2. The minimum atomic E-state index is -0.0864. The lowest BCUT2D eigenvalue weighted by atomic mass is 10.1. The van der Waals surface area contributed by atoms with Crippen LogP contribution in [0.15, 0.2) is 41.8 Å². The standard InChI is InChI=1S/C17H19N3O2S.ClH/c21-16(10-13-4-3-9-23-13)19-14-5-1-2-6-15(14)20-17(22)12-7-8-18-11-12;/h1-6,9,12,18H,7-8,10-11H2,(H,19,21)(H,20,22);1H. The molecule has 3 rings (SSSR count). The molecule has 3 N–H and O–H groups in total. The third kappa shape index (κ3) is 4.80. The summed E-state index contributed by atoms with van der Waals surface area (Å²) in [5.41, 5.74) is 1.28. The Balaban J connectivity index is 0.00000208. The highest BCUT2D eigenvalue weighted by Gasteiger charge is 2.23. The summed E-state index contributed by atoms with van der Waals surface area (Å²) in [5.74, 6) is -0.100. The lowest BCUT2D eigenvalue weighted by Gasteiger charge is -2.14. The number of para-hydroxylation sites is 2. The molecule has 2 aromatic rings. The Labute approximate surface area is 151 Å². The molecule has 1 aliphatic heterocycles. The van der Waals surface area contributed by atoms with Gasteiger partial charge in [0.1, 0.15) is 0 Å².